The topological polar surface area (TPSA) is 116 Å². The summed E-state index contributed by atoms with van der Waals surface area (Å²) in [6.07, 6.45) is 4.68. The van der Waals surface area contributed by atoms with Crippen LogP contribution >= 0.6 is 0 Å². The number of fused-ring (bicyclic) bond motifs is 5. The van der Waals surface area contributed by atoms with Crippen molar-refractivity contribution in [2.75, 3.05) is 47.1 Å². The average Bonchev–Trinajstić information content (AvgIpc) is 3.13. The molecule has 202 valence electrons. The van der Waals surface area contributed by atoms with E-state index in [2.05, 4.69) is 35.1 Å². The Morgan fingerprint density at radius 1 is 1.08 bits per heavy atom. The van der Waals surface area contributed by atoms with Gasteiger partial charge in [-0.3, -0.25) is 4.90 Å². The van der Waals surface area contributed by atoms with E-state index in [0.29, 0.717) is 19.3 Å². The molecular formula is C27H43N3O6. The zero-order chi connectivity index (χ0) is 25.7. The zero-order valence-electron chi connectivity index (χ0n) is 22.2. The van der Waals surface area contributed by atoms with E-state index in [1.165, 1.54) is 7.11 Å². The third-order valence-electron chi connectivity index (χ3n) is 10.4. The van der Waals surface area contributed by atoms with Crippen molar-refractivity contribution in [1.82, 2.24) is 4.90 Å². The second-order valence-electron chi connectivity index (χ2n) is 12.0. The summed E-state index contributed by atoms with van der Waals surface area (Å²) >= 11 is 0. The number of aliphatic hydroxyl groups is 3. The first-order valence-corrected chi connectivity index (χ1v) is 13.5. The van der Waals surface area contributed by atoms with Gasteiger partial charge in [0.1, 0.15) is 14.2 Å². The van der Waals surface area contributed by atoms with Crippen molar-refractivity contribution < 1.29 is 29.7 Å². The van der Waals surface area contributed by atoms with Crippen molar-refractivity contribution in [3.8, 4) is 0 Å². The Kier molecular flexibility index (Phi) is 7.00. The molecule has 3 saturated carbocycles. The lowest BCUT2D eigenvalue weighted by atomic mass is 9.46. The third-order valence-corrected chi connectivity index (χ3v) is 10.4. The average molecular weight is 506 g/mol. The van der Waals surface area contributed by atoms with Crippen LogP contribution < -0.4 is 0 Å². The number of aliphatic hydroxyl groups excluding tert-OH is 2. The molecule has 36 heavy (non-hydrogen) atoms. The maximum Gasteiger partial charge on any atom is 0.106 e. The summed E-state index contributed by atoms with van der Waals surface area (Å²) in [4.78, 5) is 12.9. The Bertz CT molecular complexity index is 932. The molecular weight excluding hydrogens is 462 g/mol. The summed E-state index contributed by atoms with van der Waals surface area (Å²) in [5.41, 5.74) is 1.06. The molecule has 5 rings (SSSR count). The molecule has 0 radical (unpaired) electrons. The lowest BCUT2D eigenvalue weighted by Crippen LogP contribution is -2.61. The van der Waals surface area contributed by atoms with Crippen molar-refractivity contribution in [2.45, 2.75) is 70.2 Å². The van der Waals surface area contributed by atoms with Gasteiger partial charge in [-0.2, -0.15) is 0 Å². The number of morpholine rings is 1. The predicted molar refractivity (Wildman–Crippen MR) is 136 cm³/mol. The fourth-order valence-corrected chi connectivity index (χ4v) is 8.43. The van der Waals surface area contributed by atoms with Gasteiger partial charge in [0.2, 0.25) is 0 Å². The predicted octanol–water partition coefficient (Wildman–Crippen LogP) is 1.96. The van der Waals surface area contributed by atoms with Gasteiger partial charge in [-0.05, 0) is 61.5 Å². The third kappa shape index (κ3) is 3.93. The van der Waals surface area contributed by atoms with Crippen LogP contribution in [0.3, 0.4) is 0 Å². The Morgan fingerprint density at radius 2 is 1.83 bits per heavy atom. The highest BCUT2D eigenvalue weighted by Crippen LogP contribution is 2.67. The number of rotatable bonds is 5. The molecule has 3 N–H and O–H groups in total. The number of oxime groups is 2. The van der Waals surface area contributed by atoms with Crippen LogP contribution in [-0.4, -0.2) is 96.5 Å². The normalized spacial score (nSPS) is 46.5. The first-order chi connectivity index (χ1) is 17.2. The Hall–Kier alpha value is -1.52. The van der Waals surface area contributed by atoms with Crippen LogP contribution in [-0.2, 0) is 14.4 Å². The number of ether oxygens (including phenoxy) is 1. The second-order valence-corrected chi connectivity index (χ2v) is 12.0. The standard InChI is InChI=1S/C27H43N3O6/c1-25-15-24(32)23(31)14-20(25)21(28-34-3)13-19-17(25)5-7-26(2)18(6-8-27(19,26)33)22(29-35-4)16-30-9-11-36-12-10-30/h13,17-18,20,23-24,31-33H,5-12,14-16H2,1-4H3. The van der Waals surface area contributed by atoms with Gasteiger partial charge in [-0.1, -0.05) is 24.2 Å². The van der Waals surface area contributed by atoms with E-state index in [0.717, 1.165) is 69.1 Å². The van der Waals surface area contributed by atoms with Crippen molar-refractivity contribution in [2.24, 2.45) is 38.9 Å². The van der Waals surface area contributed by atoms with Crippen LogP contribution in [0.1, 0.15) is 52.4 Å². The van der Waals surface area contributed by atoms with E-state index in [1.807, 2.05) is 0 Å². The SMILES string of the molecule is CON=C1C=C2C(CCC3(C)C(C(CN4CCOCC4)=NOC)CCC23O)C2(C)CC(O)C(O)CC12. The zero-order valence-corrected chi connectivity index (χ0v) is 22.2. The van der Waals surface area contributed by atoms with E-state index in [4.69, 9.17) is 14.4 Å². The maximum absolute atomic E-state index is 12.6. The number of hydrogen-bond donors (Lipinski definition) is 3. The monoisotopic (exact) mass is 505 g/mol. The molecule has 0 spiro atoms. The molecule has 9 nitrogen and oxygen atoms in total. The molecule has 4 fully saturated rings. The van der Waals surface area contributed by atoms with Gasteiger partial charge < -0.3 is 29.7 Å². The van der Waals surface area contributed by atoms with E-state index in [-0.39, 0.29) is 23.2 Å². The minimum Gasteiger partial charge on any atom is -0.399 e. The number of nitrogens with zero attached hydrogens (tertiary/aromatic N) is 3. The summed E-state index contributed by atoms with van der Waals surface area (Å²) in [7, 11) is 3.13. The van der Waals surface area contributed by atoms with Crippen LogP contribution in [0.2, 0.25) is 0 Å². The molecule has 0 aromatic rings. The molecule has 0 bridgehead atoms. The number of allylic oxidation sites excluding steroid dienone is 1. The van der Waals surface area contributed by atoms with Crippen LogP contribution in [0.4, 0.5) is 0 Å². The van der Waals surface area contributed by atoms with Gasteiger partial charge >= 0.3 is 0 Å². The summed E-state index contributed by atoms with van der Waals surface area (Å²) in [6, 6.07) is 0. The van der Waals surface area contributed by atoms with Crippen molar-refractivity contribution in [3.63, 3.8) is 0 Å². The number of hydrogen-bond acceptors (Lipinski definition) is 9. The van der Waals surface area contributed by atoms with Gasteiger partial charge in [0.25, 0.3) is 0 Å². The quantitative estimate of drug-likeness (QED) is 0.386. The Labute approximate surface area is 214 Å². The fourth-order valence-electron chi connectivity index (χ4n) is 8.43. The lowest BCUT2D eigenvalue weighted by Gasteiger charge is -2.60. The fraction of sp³-hybridized carbons (Fsp3) is 0.852. The molecule has 9 heteroatoms. The van der Waals surface area contributed by atoms with Crippen molar-refractivity contribution >= 4 is 11.4 Å². The highest BCUT2D eigenvalue weighted by Gasteiger charge is 2.67. The highest BCUT2D eigenvalue weighted by molar-refractivity contribution is 5.99. The minimum absolute atomic E-state index is 0.0262. The van der Waals surface area contributed by atoms with Crippen LogP contribution in [0, 0.1) is 28.6 Å². The molecule has 0 amide bonds. The van der Waals surface area contributed by atoms with Crippen LogP contribution in [0.15, 0.2) is 22.0 Å². The van der Waals surface area contributed by atoms with E-state index < -0.39 is 23.2 Å². The summed E-state index contributed by atoms with van der Waals surface area (Å²) < 4.78 is 5.53. The van der Waals surface area contributed by atoms with Crippen LogP contribution in [0.25, 0.3) is 0 Å². The molecule has 5 aliphatic rings. The highest BCUT2D eigenvalue weighted by atomic mass is 16.6. The molecule has 1 aliphatic heterocycles. The van der Waals surface area contributed by atoms with Crippen molar-refractivity contribution in [1.29, 1.82) is 0 Å². The lowest BCUT2D eigenvalue weighted by molar-refractivity contribution is -0.116. The smallest absolute Gasteiger partial charge is 0.106 e. The van der Waals surface area contributed by atoms with Gasteiger partial charge in [-0.25, -0.2) is 0 Å². The van der Waals surface area contributed by atoms with Gasteiger partial charge in [0.05, 0.1) is 42.4 Å². The summed E-state index contributed by atoms with van der Waals surface area (Å²) in [5.74, 6) is 0.181. The maximum atomic E-state index is 12.6. The second kappa shape index (κ2) is 9.66. The Balaban J connectivity index is 1.51. The molecule has 8 unspecified atom stereocenters. The van der Waals surface area contributed by atoms with Gasteiger partial charge in [-0.15, -0.1) is 0 Å². The Morgan fingerprint density at radius 3 is 2.53 bits per heavy atom. The molecule has 4 aliphatic carbocycles. The molecule has 1 saturated heterocycles. The van der Waals surface area contributed by atoms with E-state index in [1.54, 1.807) is 7.11 Å². The minimum atomic E-state index is -1.01. The molecule has 1 heterocycles. The van der Waals surface area contributed by atoms with Crippen LogP contribution in [0.5, 0.6) is 0 Å². The summed E-state index contributed by atoms with van der Waals surface area (Å²) in [6.45, 7) is 8.32. The largest absolute Gasteiger partial charge is 0.399 e. The summed E-state index contributed by atoms with van der Waals surface area (Å²) in [5, 5.41) is 42.6. The molecule has 8 atom stereocenters. The van der Waals surface area contributed by atoms with E-state index in [9.17, 15) is 15.3 Å². The van der Waals surface area contributed by atoms with Crippen molar-refractivity contribution in [3.05, 3.63) is 11.6 Å². The van der Waals surface area contributed by atoms with Gasteiger partial charge in [0.15, 0.2) is 0 Å². The van der Waals surface area contributed by atoms with E-state index >= 15 is 0 Å². The molecule has 0 aromatic heterocycles. The first-order valence-electron chi connectivity index (χ1n) is 13.5. The molecule has 0 aromatic carbocycles. The first kappa shape index (κ1) is 26.1. The van der Waals surface area contributed by atoms with Gasteiger partial charge in [0, 0.05) is 36.9 Å².